The Hall–Kier alpha value is -3.40. The Kier molecular flexibility index (Phi) is 2.97. The van der Waals surface area contributed by atoms with Crippen molar-refractivity contribution in [1.82, 2.24) is 15.0 Å². The fourth-order valence-corrected chi connectivity index (χ4v) is 1.94. The zero-order chi connectivity index (χ0) is 14.8. The maximum Gasteiger partial charge on any atom is 0.248 e. The van der Waals surface area contributed by atoms with Crippen molar-refractivity contribution >= 4 is 5.91 Å². The molecule has 2 heterocycles. The fourth-order valence-electron chi connectivity index (χ4n) is 1.94. The molecule has 0 saturated heterocycles. The number of hydrogen-bond donors (Lipinski definition) is 1. The summed E-state index contributed by atoms with van der Waals surface area (Å²) in [6.45, 7) is 0. The van der Waals surface area contributed by atoms with Gasteiger partial charge in [-0.15, -0.1) is 5.10 Å². The zero-order valence-corrected chi connectivity index (χ0v) is 10.7. The summed E-state index contributed by atoms with van der Waals surface area (Å²) >= 11 is 0. The minimum Gasteiger partial charge on any atom is -0.463 e. The van der Waals surface area contributed by atoms with Crippen molar-refractivity contribution in [3.05, 3.63) is 53.9 Å². The fraction of sp³-hybridized carbons (Fsp3) is 0. The summed E-state index contributed by atoms with van der Waals surface area (Å²) < 4.78 is 6.79. The molecule has 21 heavy (non-hydrogen) atoms. The van der Waals surface area contributed by atoms with E-state index in [2.05, 4.69) is 10.3 Å². The molecule has 2 N–H and O–H groups in total. The Labute approximate surface area is 119 Å². The molecule has 2 aromatic heterocycles. The smallest absolute Gasteiger partial charge is 0.248 e. The second kappa shape index (κ2) is 4.94. The molecule has 1 amide bonds. The number of rotatable bonds is 3. The van der Waals surface area contributed by atoms with Crippen LogP contribution in [0.3, 0.4) is 0 Å². The predicted molar refractivity (Wildman–Crippen MR) is 72.3 cm³/mol. The topological polar surface area (TPSA) is 111 Å². The molecule has 3 aromatic rings. The van der Waals surface area contributed by atoms with Gasteiger partial charge in [0.1, 0.15) is 11.8 Å². The van der Waals surface area contributed by atoms with Gasteiger partial charge < -0.3 is 10.2 Å². The number of hydrogen-bond acceptors (Lipinski definition) is 5. The van der Waals surface area contributed by atoms with E-state index in [1.165, 1.54) is 10.9 Å². The van der Waals surface area contributed by atoms with Crippen LogP contribution in [0.25, 0.3) is 17.1 Å². The molecule has 102 valence electrons. The summed E-state index contributed by atoms with van der Waals surface area (Å²) in [5.74, 6) is -0.0281. The third-order valence-corrected chi connectivity index (χ3v) is 2.93. The first kappa shape index (κ1) is 12.6. The molecule has 0 atom stereocenters. The Morgan fingerprint density at radius 2 is 2.05 bits per heavy atom. The van der Waals surface area contributed by atoms with Crippen LogP contribution in [0.4, 0.5) is 0 Å². The standard InChI is InChI=1S/C14H9N5O2/c15-8-11-13(12-2-1-7-21-12)19(18-17-11)10-5-3-9(4-6-10)14(16)20/h1-7H,(H2,16,20). The van der Waals surface area contributed by atoms with Crippen molar-refractivity contribution < 1.29 is 9.21 Å². The summed E-state index contributed by atoms with van der Waals surface area (Å²) in [6, 6.07) is 11.9. The first-order valence-electron chi connectivity index (χ1n) is 6.00. The third kappa shape index (κ3) is 2.15. The van der Waals surface area contributed by atoms with Gasteiger partial charge >= 0.3 is 0 Å². The molecule has 0 spiro atoms. The number of carbonyl (C=O) groups excluding carboxylic acids is 1. The van der Waals surface area contributed by atoms with Crippen molar-refractivity contribution in [2.75, 3.05) is 0 Å². The van der Waals surface area contributed by atoms with Gasteiger partial charge in [-0.05, 0) is 36.4 Å². The first-order valence-corrected chi connectivity index (χ1v) is 6.00. The van der Waals surface area contributed by atoms with E-state index in [9.17, 15) is 4.79 Å². The van der Waals surface area contributed by atoms with Crippen LogP contribution in [0, 0.1) is 11.3 Å². The van der Waals surface area contributed by atoms with Gasteiger partial charge in [0.25, 0.3) is 0 Å². The maximum absolute atomic E-state index is 11.1. The molecular weight excluding hydrogens is 270 g/mol. The van der Waals surface area contributed by atoms with Crippen LogP contribution in [0.1, 0.15) is 16.1 Å². The van der Waals surface area contributed by atoms with Crippen molar-refractivity contribution in [2.45, 2.75) is 0 Å². The van der Waals surface area contributed by atoms with Crippen molar-refractivity contribution in [2.24, 2.45) is 5.73 Å². The molecule has 7 heteroatoms. The third-order valence-electron chi connectivity index (χ3n) is 2.93. The lowest BCUT2D eigenvalue weighted by atomic mass is 10.2. The highest BCUT2D eigenvalue weighted by atomic mass is 16.3. The van der Waals surface area contributed by atoms with E-state index < -0.39 is 5.91 Å². The predicted octanol–water partition coefficient (Wildman–Crippen LogP) is 1.50. The second-order valence-electron chi connectivity index (χ2n) is 4.20. The molecule has 0 radical (unpaired) electrons. The van der Waals surface area contributed by atoms with E-state index in [1.54, 1.807) is 36.4 Å². The highest BCUT2D eigenvalue weighted by molar-refractivity contribution is 5.92. The van der Waals surface area contributed by atoms with Gasteiger partial charge in [0.15, 0.2) is 11.5 Å². The van der Waals surface area contributed by atoms with Crippen LogP contribution in [-0.4, -0.2) is 20.9 Å². The number of benzene rings is 1. The summed E-state index contributed by atoms with van der Waals surface area (Å²) in [5.41, 5.74) is 6.84. The molecule has 0 saturated carbocycles. The quantitative estimate of drug-likeness (QED) is 0.780. The van der Waals surface area contributed by atoms with E-state index in [0.29, 0.717) is 22.7 Å². The van der Waals surface area contributed by atoms with Gasteiger partial charge in [-0.2, -0.15) is 5.26 Å². The van der Waals surface area contributed by atoms with Crippen LogP contribution in [0.15, 0.2) is 47.1 Å². The molecule has 7 nitrogen and oxygen atoms in total. The molecule has 0 bridgehead atoms. The van der Waals surface area contributed by atoms with Crippen LogP contribution in [0.2, 0.25) is 0 Å². The number of amides is 1. The number of aromatic nitrogens is 3. The molecule has 0 aliphatic rings. The minimum absolute atomic E-state index is 0.156. The monoisotopic (exact) mass is 279 g/mol. The number of furan rings is 1. The maximum atomic E-state index is 11.1. The van der Waals surface area contributed by atoms with Crippen molar-refractivity contribution in [3.8, 4) is 23.2 Å². The highest BCUT2D eigenvalue weighted by Gasteiger charge is 2.18. The largest absolute Gasteiger partial charge is 0.463 e. The van der Waals surface area contributed by atoms with Crippen molar-refractivity contribution in [3.63, 3.8) is 0 Å². The van der Waals surface area contributed by atoms with E-state index in [1.807, 2.05) is 6.07 Å². The van der Waals surface area contributed by atoms with E-state index in [-0.39, 0.29) is 5.69 Å². The number of carbonyl (C=O) groups is 1. The van der Waals surface area contributed by atoms with E-state index >= 15 is 0 Å². The van der Waals surface area contributed by atoms with Gasteiger partial charge in [-0.1, -0.05) is 5.21 Å². The summed E-state index contributed by atoms with van der Waals surface area (Å²) in [7, 11) is 0. The number of nitriles is 1. The van der Waals surface area contributed by atoms with Gasteiger partial charge in [-0.3, -0.25) is 4.79 Å². The van der Waals surface area contributed by atoms with E-state index in [4.69, 9.17) is 15.4 Å². The number of primary amides is 1. The van der Waals surface area contributed by atoms with Crippen molar-refractivity contribution in [1.29, 1.82) is 5.26 Å². The molecule has 1 aromatic carbocycles. The number of nitrogens with zero attached hydrogens (tertiary/aromatic N) is 4. The lowest BCUT2D eigenvalue weighted by Gasteiger charge is -2.05. The average Bonchev–Trinajstić information content (AvgIpc) is 3.15. The van der Waals surface area contributed by atoms with Crippen LogP contribution in [-0.2, 0) is 0 Å². The molecule has 3 rings (SSSR count). The van der Waals surface area contributed by atoms with Gasteiger partial charge in [0.05, 0.1) is 12.0 Å². The van der Waals surface area contributed by atoms with E-state index in [0.717, 1.165) is 0 Å². The highest BCUT2D eigenvalue weighted by Crippen LogP contribution is 2.25. The summed E-state index contributed by atoms with van der Waals surface area (Å²) in [5, 5.41) is 16.9. The molecule has 0 unspecified atom stereocenters. The van der Waals surface area contributed by atoms with Gasteiger partial charge in [-0.25, -0.2) is 4.68 Å². The number of nitrogens with two attached hydrogens (primary N) is 1. The SMILES string of the molecule is N#Cc1nnn(-c2ccc(C(N)=O)cc2)c1-c1ccco1. The van der Waals surface area contributed by atoms with Gasteiger partial charge in [0, 0.05) is 5.56 Å². The zero-order valence-electron chi connectivity index (χ0n) is 10.7. The first-order chi connectivity index (χ1) is 10.2. The Balaban J connectivity index is 2.13. The van der Waals surface area contributed by atoms with Crippen LogP contribution < -0.4 is 5.73 Å². The summed E-state index contributed by atoms with van der Waals surface area (Å²) in [4.78, 5) is 11.1. The van der Waals surface area contributed by atoms with Crippen LogP contribution >= 0.6 is 0 Å². The minimum atomic E-state index is -0.510. The Morgan fingerprint density at radius 1 is 1.29 bits per heavy atom. The molecular formula is C14H9N5O2. The lowest BCUT2D eigenvalue weighted by molar-refractivity contribution is 0.100. The summed E-state index contributed by atoms with van der Waals surface area (Å²) in [6.07, 6.45) is 1.50. The molecule has 0 aliphatic heterocycles. The molecule has 0 aliphatic carbocycles. The second-order valence-corrected chi connectivity index (χ2v) is 4.20. The Bertz CT molecular complexity index is 825. The average molecular weight is 279 g/mol. The molecule has 0 fully saturated rings. The lowest BCUT2D eigenvalue weighted by Crippen LogP contribution is -2.10. The normalized spacial score (nSPS) is 10.2. The Morgan fingerprint density at radius 3 is 2.62 bits per heavy atom. The van der Waals surface area contributed by atoms with Crippen LogP contribution in [0.5, 0.6) is 0 Å². The van der Waals surface area contributed by atoms with Gasteiger partial charge in [0.2, 0.25) is 5.91 Å².